The molecule has 0 spiro atoms. The summed E-state index contributed by atoms with van der Waals surface area (Å²) in [5, 5.41) is 0. The number of furan rings is 1. The van der Waals surface area contributed by atoms with Crippen LogP contribution in [0.1, 0.15) is 50.0 Å². The number of likely N-dealkylation sites (tertiary alicyclic amines) is 1. The van der Waals surface area contributed by atoms with E-state index in [1.807, 2.05) is 17.0 Å². The molecule has 0 radical (unpaired) electrons. The monoisotopic (exact) mass is 316 g/mol. The first-order valence-corrected chi connectivity index (χ1v) is 8.38. The molecule has 2 heterocycles. The molecule has 0 aromatic carbocycles. The first kappa shape index (κ1) is 15.8. The van der Waals surface area contributed by atoms with Gasteiger partial charge in [-0.1, -0.05) is 6.92 Å². The second-order valence-corrected chi connectivity index (χ2v) is 6.83. The summed E-state index contributed by atoms with van der Waals surface area (Å²) in [6.07, 6.45) is 6.62. The minimum atomic E-state index is -0.256. The molecule has 1 aromatic rings. The zero-order valence-corrected chi connectivity index (χ0v) is 13.5. The van der Waals surface area contributed by atoms with Crippen LogP contribution in [0.3, 0.4) is 0 Å². The zero-order valence-electron chi connectivity index (χ0n) is 13.5. The third kappa shape index (κ3) is 4.03. The minimum Gasteiger partial charge on any atom is -0.461 e. The Balaban J connectivity index is 1.49. The molecule has 0 bridgehead atoms. The third-order valence-electron chi connectivity index (χ3n) is 4.93. The Labute approximate surface area is 136 Å². The van der Waals surface area contributed by atoms with Gasteiger partial charge in [0.25, 0.3) is 0 Å². The number of piperidine rings is 1. The molecule has 5 heteroatoms. The lowest BCUT2D eigenvalue weighted by Crippen LogP contribution is -2.38. The lowest BCUT2D eigenvalue weighted by molar-refractivity contribution is -0.127. The van der Waals surface area contributed by atoms with Gasteiger partial charge in [0.05, 0.1) is 0 Å². The van der Waals surface area contributed by atoms with Crippen LogP contribution in [0.25, 0.3) is 6.08 Å². The van der Waals surface area contributed by atoms with E-state index in [1.54, 1.807) is 12.2 Å². The summed E-state index contributed by atoms with van der Waals surface area (Å²) in [7, 11) is 0. The highest BCUT2D eigenvalue weighted by atomic mass is 16.3. The Morgan fingerprint density at radius 3 is 2.65 bits per heavy atom. The molecule has 1 aromatic heterocycles. The number of carbonyl (C=O) groups excluding carboxylic acids is 2. The van der Waals surface area contributed by atoms with Gasteiger partial charge in [-0.25, -0.2) is 0 Å². The molecule has 2 aliphatic rings. The van der Waals surface area contributed by atoms with Crippen molar-refractivity contribution in [2.45, 2.75) is 38.5 Å². The van der Waals surface area contributed by atoms with Crippen LogP contribution < -0.4 is 5.73 Å². The van der Waals surface area contributed by atoms with Crippen molar-refractivity contribution in [1.82, 2.24) is 4.90 Å². The Hall–Kier alpha value is -2.04. The Morgan fingerprint density at radius 2 is 2.04 bits per heavy atom. The standard InChI is InChI=1S/C18H24N2O3/c1-12-10-15(12)16-4-2-14(23-16)3-5-18(22)20-8-6-13(7-9-20)11-17(19)21/h2-5,12-13,15H,6-11H2,1H3,(H2,19,21). The van der Waals surface area contributed by atoms with Gasteiger partial charge in [0.1, 0.15) is 11.5 Å². The molecule has 2 unspecified atom stereocenters. The molecule has 5 nitrogen and oxygen atoms in total. The van der Waals surface area contributed by atoms with Crippen molar-refractivity contribution >= 4 is 17.9 Å². The summed E-state index contributed by atoms with van der Waals surface area (Å²) in [5.41, 5.74) is 5.22. The van der Waals surface area contributed by atoms with E-state index in [-0.39, 0.29) is 11.8 Å². The van der Waals surface area contributed by atoms with E-state index in [0.29, 0.717) is 37.3 Å². The summed E-state index contributed by atoms with van der Waals surface area (Å²) < 4.78 is 5.77. The topological polar surface area (TPSA) is 76.5 Å². The van der Waals surface area contributed by atoms with E-state index in [2.05, 4.69) is 6.92 Å². The lowest BCUT2D eigenvalue weighted by atomic mass is 9.93. The maximum absolute atomic E-state index is 12.2. The Bertz CT molecular complexity index is 612. The molecular weight excluding hydrogens is 292 g/mol. The highest BCUT2D eigenvalue weighted by Gasteiger charge is 2.36. The van der Waals surface area contributed by atoms with Gasteiger partial charge >= 0.3 is 0 Å². The number of rotatable bonds is 5. The van der Waals surface area contributed by atoms with Gasteiger partial charge in [0, 0.05) is 31.5 Å². The molecule has 2 N–H and O–H groups in total. The summed E-state index contributed by atoms with van der Waals surface area (Å²) in [6.45, 7) is 3.59. The number of hydrogen-bond donors (Lipinski definition) is 1. The van der Waals surface area contributed by atoms with Crippen molar-refractivity contribution in [2.24, 2.45) is 17.6 Å². The first-order chi connectivity index (χ1) is 11.0. The van der Waals surface area contributed by atoms with Crippen LogP contribution in [-0.2, 0) is 9.59 Å². The quantitative estimate of drug-likeness (QED) is 0.848. The average Bonchev–Trinajstić information content (AvgIpc) is 3.07. The molecule has 3 rings (SSSR count). The van der Waals surface area contributed by atoms with Crippen LogP contribution in [0.15, 0.2) is 22.6 Å². The fourth-order valence-electron chi connectivity index (χ4n) is 3.28. The molecule has 2 fully saturated rings. The van der Waals surface area contributed by atoms with Crippen LogP contribution in [0.2, 0.25) is 0 Å². The molecule has 1 saturated heterocycles. The normalized spacial score (nSPS) is 25.0. The van der Waals surface area contributed by atoms with Crippen LogP contribution >= 0.6 is 0 Å². The smallest absolute Gasteiger partial charge is 0.246 e. The van der Waals surface area contributed by atoms with Crippen LogP contribution in [0.5, 0.6) is 0 Å². The molecule has 1 aliphatic heterocycles. The van der Waals surface area contributed by atoms with E-state index in [1.165, 1.54) is 6.42 Å². The fourth-order valence-corrected chi connectivity index (χ4v) is 3.28. The number of carbonyl (C=O) groups is 2. The first-order valence-electron chi connectivity index (χ1n) is 8.38. The molecule has 23 heavy (non-hydrogen) atoms. The molecule has 2 atom stereocenters. The lowest BCUT2D eigenvalue weighted by Gasteiger charge is -2.30. The van der Waals surface area contributed by atoms with Crippen molar-refractivity contribution < 1.29 is 14.0 Å². The van der Waals surface area contributed by atoms with Gasteiger partial charge < -0.3 is 15.1 Å². The largest absolute Gasteiger partial charge is 0.461 e. The predicted octanol–water partition coefficient (Wildman–Crippen LogP) is 2.53. The summed E-state index contributed by atoms with van der Waals surface area (Å²) >= 11 is 0. The Kier molecular flexibility index (Phi) is 4.55. The van der Waals surface area contributed by atoms with Crippen molar-refractivity contribution in [3.05, 3.63) is 29.7 Å². The third-order valence-corrected chi connectivity index (χ3v) is 4.93. The van der Waals surface area contributed by atoms with Crippen molar-refractivity contribution in [3.8, 4) is 0 Å². The predicted molar refractivity (Wildman–Crippen MR) is 87.4 cm³/mol. The van der Waals surface area contributed by atoms with Crippen molar-refractivity contribution in [1.29, 1.82) is 0 Å². The average molecular weight is 316 g/mol. The highest BCUT2D eigenvalue weighted by molar-refractivity contribution is 5.91. The van der Waals surface area contributed by atoms with E-state index in [9.17, 15) is 9.59 Å². The summed E-state index contributed by atoms with van der Waals surface area (Å²) in [4.78, 5) is 25.0. The van der Waals surface area contributed by atoms with Gasteiger partial charge in [0.2, 0.25) is 11.8 Å². The van der Waals surface area contributed by atoms with Crippen molar-refractivity contribution in [2.75, 3.05) is 13.1 Å². The van der Waals surface area contributed by atoms with Crippen LogP contribution in [-0.4, -0.2) is 29.8 Å². The van der Waals surface area contributed by atoms with E-state index < -0.39 is 0 Å². The summed E-state index contributed by atoms with van der Waals surface area (Å²) in [5.74, 6) is 3.08. The fraction of sp³-hybridized carbons (Fsp3) is 0.556. The molecule has 124 valence electrons. The second kappa shape index (κ2) is 6.60. The van der Waals surface area contributed by atoms with Gasteiger partial charge in [-0.05, 0) is 49.3 Å². The van der Waals surface area contributed by atoms with E-state index in [4.69, 9.17) is 10.2 Å². The zero-order chi connectivity index (χ0) is 16.4. The SMILES string of the molecule is CC1CC1c1ccc(C=CC(=O)N2CCC(CC(N)=O)CC2)o1. The van der Waals surface area contributed by atoms with Gasteiger partial charge in [0.15, 0.2) is 0 Å². The van der Waals surface area contributed by atoms with Crippen molar-refractivity contribution in [3.63, 3.8) is 0 Å². The number of amides is 2. The highest BCUT2D eigenvalue weighted by Crippen LogP contribution is 2.47. The number of nitrogens with two attached hydrogens (primary N) is 1. The molecular formula is C18H24N2O3. The minimum absolute atomic E-state index is 0.000245. The van der Waals surface area contributed by atoms with E-state index in [0.717, 1.165) is 24.4 Å². The van der Waals surface area contributed by atoms with Crippen LogP contribution in [0, 0.1) is 11.8 Å². The van der Waals surface area contributed by atoms with Gasteiger partial charge in [-0.3, -0.25) is 9.59 Å². The maximum Gasteiger partial charge on any atom is 0.246 e. The number of nitrogens with zero attached hydrogens (tertiary/aromatic N) is 1. The molecule has 2 amide bonds. The van der Waals surface area contributed by atoms with Crippen LogP contribution in [0.4, 0.5) is 0 Å². The maximum atomic E-state index is 12.2. The second-order valence-electron chi connectivity index (χ2n) is 6.83. The van der Waals surface area contributed by atoms with Gasteiger partial charge in [-0.2, -0.15) is 0 Å². The molecule has 1 aliphatic carbocycles. The number of hydrogen-bond acceptors (Lipinski definition) is 3. The molecule has 1 saturated carbocycles. The van der Waals surface area contributed by atoms with Gasteiger partial charge in [-0.15, -0.1) is 0 Å². The number of primary amides is 1. The Morgan fingerprint density at radius 1 is 1.35 bits per heavy atom. The van der Waals surface area contributed by atoms with E-state index >= 15 is 0 Å². The summed E-state index contributed by atoms with van der Waals surface area (Å²) in [6, 6.07) is 3.93.